The van der Waals surface area contributed by atoms with Gasteiger partial charge in [-0.05, 0) is 53.8 Å². The van der Waals surface area contributed by atoms with Crippen LogP contribution in [0.3, 0.4) is 0 Å². The predicted octanol–water partition coefficient (Wildman–Crippen LogP) is 2.94. The van der Waals surface area contributed by atoms with Crippen LogP contribution in [0, 0.1) is 12.7 Å². The van der Waals surface area contributed by atoms with Crippen molar-refractivity contribution in [2.24, 2.45) is 10.7 Å². The normalized spacial score (nSPS) is 13.3. The van der Waals surface area contributed by atoms with E-state index in [-0.39, 0.29) is 5.82 Å². The summed E-state index contributed by atoms with van der Waals surface area (Å²) >= 11 is 0. The Morgan fingerprint density at radius 1 is 1.16 bits per heavy atom. The first-order valence-corrected chi connectivity index (χ1v) is 6.30. The van der Waals surface area contributed by atoms with Crippen LogP contribution in [-0.2, 0) is 13.0 Å². The number of aryl methyl sites for hydroxylation is 1. The minimum atomic E-state index is -0.183. The lowest BCUT2D eigenvalue weighted by Crippen LogP contribution is -2.10. The predicted molar refractivity (Wildman–Crippen MR) is 74.8 cm³/mol. The average molecular weight is 254 g/mol. The molecule has 0 unspecified atom stereocenters. The molecule has 1 aliphatic heterocycles. The van der Waals surface area contributed by atoms with Crippen LogP contribution in [0.15, 0.2) is 41.4 Å². The SMILES string of the molecule is Cc1cc(F)cc(Cc2ccc3c(c2)C(N)=NC3)c1. The number of hydrogen-bond donors (Lipinski definition) is 1. The van der Waals surface area contributed by atoms with E-state index < -0.39 is 0 Å². The van der Waals surface area contributed by atoms with Gasteiger partial charge < -0.3 is 5.73 Å². The summed E-state index contributed by atoms with van der Waals surface area (Å²) < 4.78 is 13.4. The number of rotatable bonds is 2. The molecule has 3 heteroatoms. The number of nitrogens with two attached hydrogens (primary N) is 1. The first kappa shape index (κ1) is 11.9. The fraction of sp³-hybridized carbons (Fsp3) is 0.188. The third kappa shape index (κ3) is 2.36. The molecule has 0 radical (unpaired) electrons. The van der Waals surface area contributed by atoms with Crippen LogP contribution in [0.4, 0.5) is 4.39 Å². The van der Waals surface area contributed by atoms with E-state index in [2.05, 4.69) is 23.2 Å². The van der Waals surface area contributed by atoms with Crippen molar-refractivity contribution in [1.29, 1.82) is 0 Å². The minimum Gasteiger partial charge on any atom is -0.383 e. The van der Waals surface area contributed by atoms with Gasteiger partial charge in [0.15, 0.2) is 0 Å². The van der Waals surface area contributed by atoms with Crippen molar-refractivity contribution in [3.63, 3.8) is 0 Å². The van der Waals surface area contributed by atoms with E-state index >= 15 is 0 Å². The largest absolute Gasteiger partial charge is 0.383 e. The molecule has 0 aromatic heterocycles. The van der Waals surface area contributed by atoms with Crippen LogP contribution in [0.1, 0.15) is 27.8 Å². The highest BCUT2D eigenvalue weighted by Crippen LogP contribution is 2.21. The maximum atomic E-state index is 13.4. The first-order chi connectivity index (χ1) is 9.11. The third-order valence-electron chi connectivity index (χ3n) is 3.38. The first-order valence-electron chi connectivity index (χ1n) is 6.30. The van der Waals surface area contributed by atoms with Crippen molar-refractivity contribution in [2.75, 3.05) is 0 Å². The van der Waals surface area contributed by atoms with Crippen LogP contribution in [0.5, 0.6) is 0 Å². The summed E-state index contributed by atoms with van der Waals surface area (Å²) in [5.74, 6) is 0.421. The summed E-state index contributed by atoms with van der Waals surface area (Å²) in [6.45, 7) is 2.57. The summed E-state index contributed by atoms with van der Waals surface area (Å²) in [5.41, 5.74) is 11.1. The number of nitrogens with zero attached hydrogens (tertiary/aromatic N) is 1. The molecule has 2 aromatic carbocycles. The second-order valence-corrected chi connectivity index (χ2v) is 5.01. The van der Waals surface area contributed by atoms with E-state index in [0.717, 1.165) is 27.8 Å². The lowest BCUT2D eigenvalue weighted by molar-refractivity contribution is 0.624. The van der Waals surface area contributed by atoms with Crippen molar-refractivity contribution < 1.29 is 4.39 Å². The molecule has 0 aliphatic carbocycles. The molecule has 1 heterocycles. The van der Waals surface area contributed by atoms with Gasteiger partial charge in [-0.1, -0.05) is 18.2 Å². The Kier molecular flexibility index (Phi) is 2.82. The number of halogens is 1. The van der Waals surface area contributed by atoms with E-state index in [9.17, 15) is 4.39 Å². The molecule has 2 N–H and O–H groups in total. The molecular weight excluding hydrogens is 239 g/mol. The van der Waals surface area contributed by atoms with Crippen molar-refractivity contribution in [3.05, 3.63) is 70.0 Å². The molecular formula is C16H15FN2. The van der Waals surface area contributed by atoms with Gasteiger partial charge in [0.2, 0.25) is 0 Å². The van der Waals surface area contributed by atoms with Gasteiger partial charge in [0.05, 0.1) is 6.54 Å². The Hall–Kier alpha value is -2.16. The Balaban J connectivity index is 1.92. The molecule has 0 spiro atoms. The summed E-state index contributed by atoms with van der Waals surface area (Å²) in [6, 6.07) is 11.3. The molecule has 0 atom stereocenters. The molecule has 0 amide bonds. The van der Waals surface area contributed by atoms with Crippen molar-refractivity contribution in [1.82, 2.24) is 0 Å². The highest BCUT2D eigenvalue weighted by Gasteiger charge is 2.13. The van der Waals surface area contributed by atoms with Gasteiger partial charge in [-0.2, -0.15) is 0 Å². The zero-order valence-electron chi connectivity index (χ0n) is 10.8. The van der Waals surface area contributed by atoms with Crippen LogP contribution in [0.2, 0.25) is 0 Å². The smallest absolute Gasteiger partial charge is 0.126 e. The van der Waals surface area contributed by atoms with Crippen LogP contribution in [0.25, 0.3) is 0 Å². The molecule has 3 rings (SSSR count). The van der Waals surface area contributed by atoms with Gasteiger partial charge in [-0.15, -0.1) is 0 Å². The van der Waals surface area contributed by atoms with Crippen molar-refractivity contribution >= 4 is 5.84 Å². The second kappa shape index (κ2) is 4.50. The van der Waals surface area contributed by atoms with E-state index in [0.29, 0.717) is 18.8 Å². The van der Waals surface area contributed by atoms with E-state index in [1.807, 2.05) is 13.0 Å². The zero-order valence-corrected chi connectivity index (χ0v) is 10.8. The van der Waals surface area contributed by atoms with Crippen LogP contribution < -0.4 is 5.73 Å². The highest BCUT2D eigenvalue weighted by molar-refractivity contribution is 6.00. The van der Waals surface area contributed by atoms with Crippen LogP contribution in [-0.4, -0.2) is 5.84 Å². The fourth-order valence-electron chi connectivity index (χ4n) is 2.52. The highest BCUT2D eigenvalue weighted by atomic mass is 19.1. The van der Waals surface area contributed by atoms with E-state index in [1.165, 1.54) is 6.07 Å². The van der Waals surface area contributed by atoms with Gasteiger partial charge >= 0.3 is 0 Å². The van der Waals surface area contributed by atoms with Crippen molar-refractivity contribution in [2.45, 2.75) is 19.9 Å². The number of benzene rings is 2. The maximum Gasteiger partial charge on any atom is 0.126 e. The minimum absolute atomic E-state index is 0.183. The quantitative estimate of drug-likeness (QED) is 0.879. The molecule has 1 aliphatic rings. The Morgan fingerprint density at radius 3 is 2.79 bits per heavy atom. The van der Waals surface area contributed by atoms with Gasteiger partial charge in [0.1, 0.15) is 11.7 Å². The Morgan fingerprint density at radius 2 is 2.00 bits per heavy atom. The van der Waals surface area contributed by atoms with Crippen molar-refractivity contribution in [3.8, 4) is 0 Å². The second-order valence-electron chi connectivity index (χ2n) is 5.01. The topological polar surface area (TPSA) is 38.4 Å². The fourth-order valence-corrected chi connectivity index (χ4v) is 2.52. The molecule has 96 valence electrons. The monoisotopic (exact) mass is 254 g/mol. The molecule has 0 bridgehead atoms. The number of hydrogen-bond acceptors (Lipinski definition) is 2. The summed E-state index contributed by atoms with van der Waals surface area (Å²) in [6.07, 6.45) is 0.707. The zero-order chi connectivity index (χ0) is 13.4. The summed E-state index contributed by atoms with van der Waals surface area (Å²) in [5, 5.41) is 0. The lowest BCUT2D eigenvalue weighted by atomic mass is 9.99. The number of fused-ring (bicyclic) bond motifs is 1. The molecule has 2 nitrogen and oxygen atoms in total. The van der Waals surface area contributed by atoms with Gasteiger partial charge in [-0.3, -0.25) is 4.99 Å². The van der Waals surface area contributed by atoms with E-state index in [1.54, 1.807) is 6.07 Å². The Bertz CT molecular complexity index is 654. The van der Waals surface area contributed by atoms with E-state index in [4.69, 9.17) is 5.73 Å². The number of amidine groups is 1. The van der Waals surface area contributed by atoms with Gasteiger partial charge in [0, 0.05) is 5.56 Å². The molecule has 0 saturated heterocycles. The Labute approximate surface area is 111 Å². The molecule has 0 fully saturated rings. The lowest BCUT2D eigenvalue weighted by Gasteiger charge is -2.07. The average Bonchev–Trinajstić information content (AvgIpc) is 2.70. The standard InChI is InChI=1S/C16H15FN2/c1-10-4-12(7-14(17)5-10)6-11-2-3-13-9-19-16(18)15(13)8-11/h2-5,7-8H,6,9H2,1H3,(H2,18,19). The molecule has 2 aromatic rings. The van der Waals surface area contributed by atoms with Gasteiger partial charge in [0.25, 0.3) is 0 Å². The van der Waals surface area contributed by atoms with Gasteiger partial charge in [-0.25, -0.2) is 4.39 Å². The number of aliphatic imine (C=N–C) groups is 1. The third-order valence-corrected chi connectivity index (χ3v) is 3.38. The van der Waals surface area contributed by atoms with Crippen LogP contribution >= 0.6 is 0 Å². The molecule has 0 saturated carbocycles. The summed E-state index contributed by atoms with van der Waals surface area (Å²) in [7, 11) is 0. The molecule has 19 heavy (non-hydrogen) atoms. The maximum absolute atomic E-state index is 13.4. The summed E-state index contributed by atoms with van der Waals surface area (Å²) in [4.78, 5) is 4.21.